The maximum atomic E-state index is 2.39. The zero-order chi connectivity index (χ0) is 36.3. The van der Waals surface area contributed by atoms with Crippen LogP contribution in [0.5, 0.6) is 0 Å². The highest BCUT2D eigenvalue weighted by atomic mass is 32.1. The van der Waals surface area contributed by atoms with E-state index >= 15 is 0 Å². The Morgan fingerprint density at radius 2 is 0.709 bits per heavy atom. The van der Waals surface area contributed by atoms with Crippen LogP contribution in [-0.4, -0.2) is 0 Å². The molecule has 258 valence electrons. The molecule has 3 heteroatoms. The quantitative estimate of drug-likeness (QED) is 0.164. The number of fused-ring (bicyclic) bond motifs is 7. The number of benzene rings is 9. The molecule has 0 fully saturated rings. The molecule has 0 atom stereocenters. The van der Waals surface area contributed by atoms with Gasteiger partial charge < -0.3 is 4.90 Å². The fraction of sp³-hybridized carbons (Fsp3) is 0. The summed E-state index contributed by atoms with van der Waals surface area (Å²) in [6, 6.07) is 73.5. The molecular formula is C52H33NS2. The van der Waals surface area contributed by atoms with Crippen LogP contribution in [-0.2, 0) is 0 Å². The van der Waals surface area contributed by atoms with Crippen LogP contribution in [0.15, 0.2) is 200 Å². The van der Waals surface area contributed by atoms with E-state index in [9.17, 15) is 0 Å². The van der Waals surface area contributed by atoms with Gasteiger partial charge in [-0.05, 0) is 123 Å². The third-order valence-corrected chi connectivity index (χ3v) is 13.2. The maximum absolute atomic E-state index is 2.39. The topological polar surface area (TPSA) is 3.24 Å². The van der Waals surface area contributed by atoms with Gasteiger partial charge in [0.1, 0.15) is 0 Å². The van der Waals surface area contributed by atoms with Crippen LogP contribution in [0.4, 0.5) is 17.1 Å². The fourth-order valence-corrected chi connectivity index (χ4v) is 10.2. The number of nitrogens with zero attached hydrogens (tertiary/aromatic N) is 1. The number of rotatable bonds is 6. The summed E-state index contributed by atoms with van der Waals surface area (Å²) in [4.78, 5) is 2.39. The van der Waals surface area contributed by atoms with Crippen molar-refractivity contribution in [3.8, 4) is 33.4 Å². The van der Waals surface area contributed by atoms with Gasteiger partial charge in [0, 0.05) is 57.4 Å². The van der Waals surface area contributed by atoms with Crippen LogP contribution in [0.1, 0.15) is 0 Å². The van der Waals surface area contributed by atoms with Gasteiger partial charge in [0.05, 0.1) is 0 Å². The van der Waals surface area contributed by atoms with Gasteiger partial charge in [-0.1, -0.05) is 121 Å². The summed E-state index contributed by atoms with van der Waals surface area (Å²) in [5.41, 5.74) is 10.7. The summed E-state index contributed by atoms with van der Waals surface area (Å²) in [6.45, 7) is 0. The number of hydrogen-bond acceptors (Lipinski definition) is 3. The van der Waals surface area contributed by atoms with Crippen molar-refractivity contribution in [2.45, 2.75) is 0 Å². The summed E-state index contributed by atoms with van der Waals surface area (Å²) >= 11 is 3.72. The Hall–Kier alpha value is -6.52. The zero-order valence-electron chi connectivity index (χ0n) is 29.8. The monoisotopic (exact) mass is 735 g/mol. The summed E-state index contributed by atoms with van der Waals surface area (Å²) in [7, 11) is 0. The minimum absolute atomic E-state index is 1.12. The molecule has 0 radical (unpaired) electrons. The molecule has 0 aliphatic rings. The first-order valence-electron chi connectivity index (χ1n) is 18.6. The zero-order valence-corrected chi connectivity index (χ0v) is 31.4. The van der Waals surface area contributed by atoms with Gasteiger partial charge >= 0.3 is 0 Å². The second kappa shape index (κ2) is 13.1. The highest BCUT2D eigenvalue weighted by molar-refractivity contribution is 7.26. The Kier molecular flexibility index (Phi) is 7.61. The lowest BCUT2D eigenvalue weighted by molar-refractivity contribution is 1.29. The molecule has 0 saturated carbocycles. The molecular weight excluding hydrogens is 703 g/mol. The summed E-state index contributed by atoms with van der Waals surface area (Å²) in [5, 5.41) is 7.76. The molecule has 0 amide bonds. The van der Waals surface area contributed by atoms with Gasteiger partial charge in [-0.25, -0.2) is 0 Å². The highest BCUT2D eigenvalue weighted by Crippen LogP contribution is 2.42. The van der Waals surface area contributed by atoms with E-state index in [1.165, 1.54) is 84.5 Å². The predicted octanol–water partition coefficient (Wildman–Crippen LogP) is 16.0. The molecule has 11 rings (SSSR count). The normalized spacial score (nSPS) is 11.6. The average molecular weight is 736 g/mol. The van der Waals surface area contributed by atoms with Gasteiger partial charge in [-0.15, -0.1) is 22.7 Å². The molecule has 1 nitrogen and oxygen atoms in total. The van der Waals surface area contributed by atoms with Crippen LogP contribution in [0.3, 0.4) is 0 Å². The minimum atomic E-state index is 1.12. The van der Waals surface area contributed by atoms with Gasteiger partial charge in [-0.2, -0.15) is 0 Å². The van der Waals surface area contributed by atoms with Crippen LogP contribution in [0.2, 0.25) is 0 Å². The van der Waals surface area contributed by atoms with E-state index in [0.29, 0.717) is 0 Å². The maximum Gasteiger partial charge on any atom is 0.0468 e. The second-order valence-corrected chi connectivity index (χ2v) is 16.3. The number of thiophene rings is 2. The van der Waals surface area contributed by atoms with Crippen molar-refractivity contribution in [1.82, 2.24) is 0 Å². The highest BCUT2D eigenvalue weighted by Gasteiger charge is 2.16. The molecule has 0 spiro atoms. The molecule has 2 aromatic heterocycles. The summed E-state index contributed by atoms with van der Waals surface area (Å²) < 4.78 is 5.28. The Labute approximate surface area is 327 Å². The molecule has 0 aliphatic carbocycles. The van der Waals surface area contributed by atoms with E-state index in [-0.39, 0.29) is 0 Å². The van der Waals surface area contributed by atoms with Crippen LogP contribution < -0.4 is 4.90 Å². The lowest BCUT2D eigenvalue weighted by Crippen LogP contribution is -2.09. The van der Waals surface area contributed by atoms with Gasteiger partial charge in [0.25, 0.3) is 0 Å². The van der Waals surface area contributed by atoms with Crippen molar-refractivity contribution < 1.29 is 0 Å². The standard InChI is InChI=1S/C52H33NS2/c1-2-9-37-31-40(17-16-34(37)8-1)39-11-7-10-38(30-39)35-18-23-42(24-19-35)53(44-27-29-52-48(33-44)46-13-4-6-15-50(46)55-52)43-25-20-36(21-26-43)41-22-28-51-47(32-41)45-12-3-5-14-49(45)54-51/h1-33H. The van der Waals surface area contributed by atoms with E-state index in [4.69, 9.17) is 0 Å². The van der Waals surface area contributed by atoms with E-state index in [0.717, 1.165) is 17.1 Å². The smallest absolute Gasteiger partial charge is 0.0468 e. The largest absolute Gasteiger partial charge is 0.310 e. The molecule has 0 aliphatic heterocycles. The van der Waals surface area contributed by atoms with Crippen LogP contribution in [0.25, 0.3) is 84.5 Å². The first-order chi connectivity index (χ1) is 27.2. The average Bonchev–Trinajstić information content (AvgIpc) is 3.82. The Morgan fingerprint density at radius 1 is 0.255 bits per heavy atom. The number of anilines is 3. The lowest BCUT2D eigenvalue weighted by atomic mass is 9.97. The predicted molar refractivity (Wildman–Crippen MR) is 241 cm³/mol. The molecule has 0 bridgehead atoms. The Morgan fingerprint density at radius 3 is 1.38 bits per heavy atom. The Bertz CT molecular complexity index is 3200. The minimum Gasteiger partial charge on any atom is -0.310 e. The lowest BCUT2D eigenvalue weighted by Gasteiger charge is -2.26. The van der Waals surface area contributed by atoms with E-state index in [2.05, 4.69) is 205 Å². The van der Waals surface area contributed by atoms with Crippen molar-refractivity contribution in [3.63, 3.8) is 0 Å². The first-order valence-corrected chi connectivity index (χ1v) is 20.3. The number of hydrogen-bond donors (Lipinski definition) is 0. The fourth-order valence-electron chi connectivity index (χ4n) is 8.06. The summed E-state index contributed by atoms with van der Waals surface area (Å²) in [5.74, 6) is 0. The third kappa shape index (κ3) is 5.68. The van der Waals surface area contributed by atoms with Crippen molar-refractivity contribution in [2.75, 3.05) is 4.90 Å². The van der Waals surface area contributed by atoms with Gasteiger partial charge in [0.2, 0.25) is 0 Å². The third-order valence-electron chi connectivity index (χ3n) is 10.9. The van der Waals surface area contributed by atoms with Crippen molar-refractivity contribution >= 4 is 90.9 Å². The van der Waals surface area contributed by atoms with Crippen molar-refractivity contribution in [1.29, 1.82) is 0 Å². The van der Waals surface area contributed by atoms with Crippen LogP contribution >= 0.6 is 22.7 Å². The van der Waals surface area contributed by atoms with E-state index in [1.54, 1.807) is 0 Å². The molecule has 0 N–H and O–H groups in total. The molecule has 11 aromatic rings. The summed E-state index contributed by atoms with van der Waals surface area (Å²) in [6.07, 6.45) is 0. The van der Waals surface area contributed by atoms with Gasteiger partial charge in [0.15, 0.2) is 0 Å². The van der Waals surface area contributed by atoms with E-state index < -0.39 is 0 Å². The van der Waals surface area contributed by atoms with Gasteiger partial charge in [-0.3, -0.25) is 0 Å². The Balaban J connectivity index is 0.979. The first kappa shape index (κ1) is 32.0. The van der Waals surface area contributed by atoms with Crippen LogP contribution in [0, 0.1) is 0 Å². The SMILES string of the molecule is c1cc(-c2ccc(N(c3ccc(-c4ccc5sc6ccccc6c5c4)cc3)c3ccc4sc5ccccc5c4c3)cc2)cc(-c2ccc3ccccc3c2)c1. The molecule has 0 unspecified atom stereocenters. The van der Waals surface area contributed by atoms with E-state index in [1.807, 2.05) is 22.7 Å². The second-order valence-electron chi connectivity index (χ2n) is 14.2. The molecule has 2 heterocycles. The molecule has 0 saturated heterocycles. The van der Waals surface area contributed by atoms with Crippen molar-refractivity contribution in [3.05, 3.63) is 200 Å². The van der Waals surface area contributed by atoms with Crippen molar-refractivity contribution in [2.24, 2.45) is 0 Å². The molecule has 9 aromatic carbocycles. The molecule has 55 heavy (non-hydrogen) atoms.